The molecule has 4 rings (SSSR count). The van der Waals surface area contributed by atoms with Gasteiger partial charge < -0.3 is 15.0 Å². The number of anilines is 1. The molecule has 0 spiro atoms. The van der Waals surface area contributed by atoms with Crippen molar-refractivity contribution >= 4 is 29.5 Å². The summed E-state index contributed by atoms with van der Waals surface area (Å²) in [7, 11) is 0. The van der Waals surface area contributed by atoms with E-state index in [1.165, 1.54) is 6.92 Å². The molecule has 4 amide bonds. The molecule has 1 aromatic rings. The SMILES string of the molecule is CC(OC(=O)C1CCCCC1C(=O)N1CCc2ccccc21)C(=O)NC(=O)NC1CCCC1. The number of carbonyl (C=O) groups excluding carboxylic acids is 4. The fraction of sp³-hybridized carbons (Fsp3) is 0.600. The molecule has 2 fully saturated rings. The number of carbonyl (C=O) groups is 4. The number of amides is 4. The molecule has 2 N–H and O–H groups in total. The molecule has 2 saturated carbocycles. The zero-order valence-electron chi connectivity index (χ0n) is 19.2. The molecule has 3 aliphatic rings. The lowest BCUT2D eigenvalue weighted by atomic mass is 9.78. The first-order valence-electron chi connectivity index (χ1n) is 12.1. The van der Waals surface area contributed by atoms with E-state index in [1.54, 1.807) is 4.90 Å². The average molecular weight is 456 g/mol. The highest BCUT2D eigenvalue weighted by Gasteiger charge is 2.41. The summed E-state index contributed by atoms with van der Waals surface area (Å²) in [5.41, 5.74) is 2.06. The van der Waals surface area contributed by atoms with Gasteiger partial charge in [-0.1, -0.05) is 43.9 Å². The number of rotatable bonds is 5. The van der Waals surface area contributed by atoms with Crippen molar-refractivity contribution in [2.45, 2.75) is 76.9 Å². The summed E-state index contributed by atoms with van der Waals surface area (Å²) in [5, 5.41) is 5.04. The van der Waals surface area contributed by atoms with E-state index < -0.39 is 35.8 Å². The number of nitrogens with one attached hydrogen (secondary N) is 2. The smallest absolute Gasteiger partial charge is 0.321 e. The number of ether oxygens (including phenoxy) is 1. The van der Waals surface area contributed by atoms with Crippen LogP contribution in [0.2, 0.25) is 0 Å². The van der Waals surface area contributed by atoms with Crippen molar-refractivity contribution in [2.75, 3.05) is 11.4 Å². The van der Waals surface area contributed by atoms with Gasteiger partial charge >= 0.3 is 12.0 Å². The van der Waals surface area contributed by atoms with Crippen molar-refractivity contribution < 1.29 is 23.9 Å². The van der Waals surface area contributed by atoms with Gasteiger partial charge in [0.05, 0.1) is 11.8 Å². The minimum atomic E-state index is -1.11. The third-order valence-corrected chi connectivity index (χ3v) is 7.13. The Morgan fingerprint density at radius 2 is 1.64 bits per heavy atom. The molecule has 0 saturated heterocycles. The Balaban J connectivity index is 1.34. The lowest BCUT2D eigenvalue weighted by molar-refractivity contribution is -0.162. The standard InChI is InChI=1S/C25H33N3O5/c1-16(22(29)27-25(32)26-18-9-3-4-10-18)33-24(31)20-12-6-5-11-19(20)23(30)28-15-14-17-8-2-7-13-21(17)28/h2,7-8,13,16,18-20H,3-6,9-12,14-15H2,1H3,(H2,26,27,29,32). The van der Waals surface area contributed by atoms with E-state index in [0.717, 1.165) is 56.2 Å². The van der Waals surface area contributed by atoms with E-state index in [1.807, 2.05) is 24.3 Å². The number of hydrogen-bond acceptors (Lipinski definition) is 5. The van der Waals surface area contributed by atoms with E-state index in [2.05, 4.69) is 10.6 Å². The molecular weight excluding hydrogens is 422 g/mol. The predicted molar refractivity (Wildman–Crippen MR) is 122 cm³/mol. The van der Waals surface area contributed by atoms with Crippen LogP contribution < -0.4 is 15.5 Å². The quantitative estimate of drug-likeness (QED) is 0.664. The molecule has 8 nitrogen and oxygen atoms in total. The zero-order chi connectivity index (χ0) is 23.4. The van der Waals surface area contributed by atoms with Gasteiger partial charge in [0.1, 0.15) is 0 Å². The highest BCUT2D eigenvalue weighted by molar-refractivity contribution is 6.00. The van der Waals surface area contributed by atoms with Gasteiger partial charge in [0, 0.05) is 18.3 Å². The molecule has 1 aromatic carbocycles. The van der Waals surface area contributed by atoms with Crippen LogP contribution >= 0.6 is 0 Å². The Labute approximate surface area is 194 Å². The second kappa shape index (κ2) is 10.4. The van der Waals surface area contributed by atoms with Crippen LogP contribution in [0.1, 0.15) is 63.9 Å². The minimum absolute atomic E-state index is 0.0466. The summed E-state index contributed by atoms with van der Waals surface area (Å²) in [6, 6.07) is 7.38. The largest absolute Gasteiger partial charge is 0.452 e. The average Bonchev–Trinajstić information content (AvgIpc) is 3.48. The number of hydrogen-bond donors (Lipinski definition) is 2. The van der Waals surface area contributed by atoms with Crippen LogP contribution in [0.15, 0.2) is 24.3 Å². The van der Waals surface area contributed by atoms with E-state index in [4.69, 9.17) is 4.74 Å². The van der Waals surface area contributed by atoms with Gasteiger partial charge in [-0.15, -0.1) is 0 Å². The molecule has 178 valence electrons. The first kappa shape index (κ1) is 23.3. The summed E-state index contributed by atoms with van der Waals surface area (Å²) in [6.45, 7) is 2.07. The Hall–Kier alpha value is -2.90. The highest BCUT2D eigenvalue weighted by Crippen LogP contribution is 2.36. The van der Waals surface area contributed by atoms with E-state index >= 15 is 0 Å². The fourth-order valence-corrected chi connectivity index (χ4v) is 5.30. The maximum Gasteiger partial charge on any atom is 0.321 e. The summed E-state index contributed by atoms with van der Waals surface area (Å²) in [5.74, 6) is -2.29. The van der Waals surface area contributed by atoms with Crippen LogP contribution in [-0.4, -0.2) is 42.5 Å². The first-order chi connectivity index (χ1) is 15.9. The van der Waals surface area contributed by atoms with Crippen LogP contribution in [0, 0.1) is 11.8 Å². The Bertz CT molecular complexity index is 911. The summed E-state index contributed by atoms with van der Waals surface area (Å²) in [4.78, 5) is 52.6. The van der Waals surface area contributed by atoms with Gasteiger partial charge in [0.2, 0.25) is 5.91 Å². The second-order valence-corrected chi connectivity index (χ2v) is 9.39. The Kier molecular flexibility index (Phi) is 7.30. The lowest BCUT2D eigenvalue weighted by Gasteiger charge is -2.32. The van der Waals surface area contributed by atoms with Gasteiger partial charge in [-0.25, -0.2) is 4.79 Å². The minimum Gasteiger partial charge on any atom is -0.452 e. The number of fused-ring (bicyclic) bond motifs is 1. The maximum absolute atomic E-state index is 13.4. The molecule has 1 heterocycles. The molecule has 0 aromatic heterocycles. The van der Waals surface area contributed by atoms with Gasteiger partial charge in [-0.2, -0.15) is 0 Å². The third-order valence-electron chi connectivity index (χ3n) is 7.13. The normalized spacial score (nSPS) is 23.5. The monoisotopic (exact) mass is 455 g/mol. The fourth-order valence-electron chi connectivity index (χ4n) is 5.30. The molecule has 1 aliphatic heterocycles. The topological polar surface area (TPSA) is 105 Å². The number of urea groups is 1. The summed E-state index contributed by atoms with van der Waals surface area (Å²) in [6.07, 6.45) is 6.55. The van der Waals surface area contributed by atoms with Crippen molar-refractivity contribution in [1.82, 2.24) is 10.6 Å². The molecule has 3 unspecified atom stereocenters. The Morgan fingerprint density at radius 3 is 2.39 bits per heavy atom. The second-order valence-electron chi connectivity index (χ2n) is 9.39. The molecule has 8 heteroatoms. The predicted octanol–water partition coefficient (Wildman–Crippen LogP) is 3.08. The van der Waals surface area contributed by atoms with Crippen molar-refractivity contribution in [1.29, 1.82) is 0 Å². The molecule has 2 aliphatic carbocycles. The zero-order valence-corrected chi connectivity index (χ0v) is 19.2. The van der Waals surface area contributed by atoms with Crippen LogP contribution in [0.5, 0.6) is 0 Å². The number of benzene rings is 1. The van der Waals surface area contributed by atoms with Gasteiger partial charge in [-0.05, 0) is 50.7 Å². The maximum atomic E-state index is 13.4. The van der Waals surface area contributed by atoms with Crippen molar-refractivity contribution in [3.8, 4) is 0 Å². The van der Waals surface area contributed by atoms with Gasteiger partial charge in [-0.3, -0.25) is 19.7 Å². The number of esters is 1. The Morgan fingerprint density at radius 1 is 0.970 bits per heavy atom. The number of imide groups is 1. The molecule has 0 bridgehead atoms. The lowest BCUT2D eigenvalue weighted by Crippen LogP contribution is -2.48. The summed E-state index contributed by atoms with van der Waals surface area (Å²) < 4.78 is 5.43. The van der Waals surface area contributed by atoms with Gasteiger partial charge in [0.15, 0.2) is 6.10 Å². The van der Waals surface area contributed by atoms with E-state index in [-0.39, 0.29) is 11.9 Å². The van der Waals surface area contributed by atoms with Crippen molar-refractivity contribution in [3.05, 3.63) is 29.8 Å². The molecule has 33 heavy (non-hydrogen) atoms. The molecule has 3 atom stereocenters. The van der Waals surface area contributed by atoms with Gasteiger partial charge in [0.25, 0.3) is 5.91 Å². The van der Waals surface area contributed by atoms with Crippen molar-refractivity contribution in [2.24, 2.45) is 11.8 Å². The summed E-state index contributed by atoms with van der Waals surface area (Å²) >= 11 is 0. The van der Waals surface area contributed by atoms with Crippen LogP contribution in [0.3, 0.4) is 0 Å². The van der Waals surface area contributed by atoms with Crippen LogP contribution in [-0.2, 0) is 25.5 Å². The molecular formula is C25H33N3O5. The third kappa shape index (κ3) is 5.37. The van der Waals surface area contributed by atoms with Crippen LogP contribution in [0.25, 0.3) is 0 Å². The van der Waals surface area contributed by atoms with Crippen molar-refractivity contribution in [3.63, 3.8) is 0 Å². The van der Waals surface area contributed by atoms with Crippen LogP contribution in [0.4, 0.5) is 10.5 Å². The number of para-hydroxylation sites is 1. The van der Waals surface area contributed by atoms with E-state index in [9.17, 15) is 19.2 Å². The first-order valence-corrected chi connectivity index (χ1v) is 12.1. The number of nitrogens with zero attached hydrogens (tertiary/aromatic N) is 1. The molecule has 0 radical (unpaired) electrons. The van der Waals surface area contributed by atoms with E-state index in [0.29, 0.717) is 19.4 Å². The highest BCUT2D eigenvalue weighted by atomic mass is 16.5.